The average Bonchev–Trinajstić information content (AvgIpc) is 3.58. The second-order valence-electron chi connectivity index (χ2n) is 9.29. The molecule has 4 rings (SSSR count). The summed E-state index contributed by atoms with van der Waals surface area (Å²) in [6.07, 6.45) is 2.32. The van der Waals surface area contributed by atoms with E-state index in [1.165, 1.54) is 17.6 Å². The van der Waals surface area contributed by atoms with Crippen LogP contribution in [0.5, 0.6) is 23.0 Å². The zero-order valence-corrected chi connectivity index (χ0v) is 23.7. The van der Waals surface area contributed by atoms with Gasteiger partial charge in [0.25, 0.3) is 0 Å². The summed E-state index contributed by atoms with van der Waals surface area (Å²) < 4.78 is 30.6. The van der Waals surface area contributed by atoms with Crippen molar-refractivity contribution in [2.45, 2.75) is 46.8 Å². The van der Waals surface area contributed by atoms with E-state index >= 15 is 0 Å². The Kier molecular flexibility index (Phi) is 9.16. The lowest BCUT2D eigenvalue weighted by atomic mass is 10.2. The van der Waals surface area contributed by atoms with E-state index in [9.17, 15) is 4.79 Å². The van der Waals surface area contributed by atoms with E-state index in [1.807, 2.05) is 38.1 Å². The number of nitrogens with zero attached hydrogens (tertiary/aromatic N) is 2. The fourth-order valence-electron chi connectivity index (χ4n) is 4.10. The van der Waals surface area contributed by atoms with E-state index in [0.717, 1.165) is 12.1 Å². The molecule has 0 fully saturated rings. The monoisotopic (exact) mass is 545 g/mol. The van der Waals surface area contributed by atoms with Crippen molar-refractivity contribution in [2.75, 3.05) is 14.2 Å². The molecule has 2 heterocycles. The van der Waals surface area contributed by atoms with Crippen molar-refractivity contribution in [2.24, 2.45) is 5.10 Å². The largest absolute Gasteiger partial charge is 0.493 e. The summed E-state index contributed by atoms with van der Waals surface area (Å²) in [6.45, 7) is 8.34. The molecule has 210 valence electrons. The van der Waals surface area contributed by atoms with Crippen LogP contribution < -0.4 is 24.4 Å². The highest BCUT2D eigenvalue weighted by molar-refractivity contribution is 5.92. The number of aromatic nitrogens is 1. The van der Waals surface area contributed by atoms with Crippen molar-refractivity contribution in [1.82, 2.24) is 9.99 Å². The molecule has 0 unspecified atom stereocenters. The molecule has 2 aromatic heterocycles. The van der Waals surface area contributed by atoms with Crippen LogP contribution in [0.15, 0.2) is 70.2 Å². The first-order valence-electron chi connectivity index (χ1n) is 13.1. The maximum atomic E-state index is 12.6. The van der Waals surface area contributed by atoms with Crippen molar-refractivity contribution in [1.29, 1.82) is 0 Å². The van der Waals surface area contributed by atoms with Crippen LogP contribution in [0.3, 0.4) is 0 Å². The number of hydrogen-bond acceptors (Lipinski definition) is 7. The van der Waals surface area contributed by atoms with Gasteiger partial charge >= 0.3 is 5.91 Å². The third kappa shape index (κ3) is 6.66. The van der Waals surface area contributed by atoms with Crippen LogP contribution >= 0.6 is 0 Å². The highest BCUT2D eigenvalue weighted by Gasteiger charge is 2.16. The highest BCUT2D eigenvalue weighted by atomic mass is 16.5. The molecule has 0 radical (unpaired) electrons. The smallest absolute Gasteiger partial charge is 0.307 e. The molecule has 0 bridgehead atoms. The number of nitrogens with one attached hydrogen (secondary N) is 1. The number of carbonyl (C=O) groups excluding carboxylic acids is 1. The SMILES string of the molecule is CC[C@H](C)Oc1c(OC)cc(/C=N/NC(=O)c2ccc(COc3ccc(-n4c(C)ccc4C)cc3)o2)cc1OC. The van der Waals surface area contributed by atoms with Gasteiger partial charge in [-0.05, 0) is 87.9 Å². The first-order valence-corrected chi connectivity index (χ1v) is 13.1. The molecule has 1 amide bonds. The Hall–Kier alpha value is -4.66. The van der Waals surface area contributed by atoms with Gasteiger partial charge in [0.2, 0.25) is 5.75 Å². The summed E-state index contributed by atoms with van der Waals surface area (Å²) >= 11 is 0. The molecule has 0 aliphatic rings. The Labute approximate surface area is 234 Å². The maximum absolute atomic E-state index is 12.6. The zero-order valence-electron chi connectivity index (χ0n) is 23.7. The summed E-state index contributed by atoms with van der Waals surface area (Å²) in [5, 5.41) is 4.05. The Bertz CT molecular complexity index is 1420. The first kappa shape index (κ1) is 28.4. The van der Waals surface area contributed by atoms with Gasteiger partial charge in [-0.15, -0.1) is 0 Å². The molecule has 9 heteroatoms. The topological polar surface area (TPSA) is 96.5 Å². The number of aryl methyl sites for hydroxylation is 2. The van der Waals surface area contributed by atoms with Crippen molar-refractivity contribution in [3.05, 3.63) is 89.1 Å². The molecule has 4 aromatic rings. The molecule has 0 saturated heterocycles. The number of benzene rings is 2. The van der Waals surface area contributed by atoms with Crippen LogP contribution in [0.2, 0.25) is 0 Å². The number of rotatable bonds is 12. The summed E-state index contributed by atoms with van der Waals surface area (Å²) in [5.74, 6) is 2.39. The lowest BCUT2D eigenvalue weighted by Gasteiger charge is -2.18. The zero-order chi connectivity index (χ0) is 28.6. The minimum absolute atomic E-state index is 0.00509. The Morgan fingerprint density at radius 3 is 2.25 bits per heavy atom. The van der Waals surface area contributed by atoms with E-state index in [0.29, 0.717) is 34.3 Å². The highest BCUT2D eigenvalue weighted by Crippen LogP contribution is 2.39. The minimum atomic E-state index is -0.486. The Morgan fingerprint density at radius 2 is 1.65 bits per heavy atom. The van der Waals surface area contributed by atoms with Crippen LogP contribution in [0.25, 0.3) is 5.69 Å². The van der Waals surface area contributed by atoms with Crippen LogP contribution in [-0.2, 0) is 6.61 Å². The number of amides is 1. The lowest BCUT2D eigenvalue weighted by Crippen LogP contribution is -2.16. The van der Waals surface area contributed by atoms with E-state index in [4.69, 9.17) is 23.4 Å². The van der Waals surface area contributed by atoms with Gasteiger partial charge in [0.05, 0.1) is 26.5 Å². The van der Waals surface area contributed by atoms with Crippen LogP contribution in [0, 0.1) is 13.8 Å². The standard InChI is InChI=1S/C31H35N3O6/c1-7-22(4)39-30-28(36-5)16-23(17-29(30)37-6)18-32-33-31(35)27-15-14-26(40-27)19-38-25-12-10-24(11-13-25)34-20(2)8-9-21(34)3/h8-18,22H,7,19H2,1-6H3,(H,33,35)/b32-18+/t22-/m0/s1. The lowest BCUT2D eigenvalue weighted by molar-refractivity contribution is 0.0923. The summed E-state index contributed by atoms with van der Waals surface area (Å²) in [7, 11) is 3.11. The molecule has 0 aliphatic heterocycles. The van der Waals surface area contributed by atoms with Gasteiger partial charge in [-0.3, -0.25) is 4.79 Å². The molecular weight excluding hydrogens is 510 g/mol. The number of carbonyl (C=O) groups is 1. The molecular formula is C31H35N3O6. The molecule has 1 atom stereocenters. The molecule has 0 spiro atoms. The number of methoxy groups -OCH3 is 2. The molecule has 0 saturated carbocycles. The van der Waals surface area contributed by atoms with Gasteiger partial charge in [-0.1, -0.05) is 6.92 Å². The molecule has 1 N–H and O–H groups in total. The van der Waals surface area contributed by atoms with Gasteiger partial charge < -0.3 is 27.9 Å². The molecule has 0 aliphatic carbocycles. The average molecular weight is 546 g/mol. The van der Waals surface area contributed by atoms with E-state index < -0.39 is 5.91 Å². The van der Waals surface area contributed by atoms with Gasteiger partial charge in [-0.25, -0.2) is 5.43 Å². The van der Waals surface area contributed by atoms with E-state index in [1.54, 1.807) is 38.5 Å². The van der Waals surface area contributed by atoms with E-state index in [-0.39, 0.29) is 18.5 Å². The fourth-order valence-corrected chi connectivity index (χ4v) is 4.10. The molecule has 2 aromatic carbocycles. The number of hydrazone groups is 1. The summed E-state index contributed by atoms with van der Waals surface area (Å²) in [5.41, 5.74) is 6.54. The second-order valence-corrected chi connectivity index (χ2v) is 9.29. The molecule has 40 heavy (non-hydrogen) atoms. The third-order valence-electron chi connectivity index (χ3n) is 6.39. The fraction of sp³-hybridized carbons (Fsp3) is 0.290. The van der Waals surface area contributed by atoms with Gasteiger partial charge in [0, 0.05) is 22.6 Å². The van der Waals surface area contributed by atoms with Gasteiger partial charge in [0.1, 0.15) is 18.1 Å². The van der Waals surface area contributed by atoms with Gasteiger partial charge in [0.15, 0.2) is 17.3 Å². The normalized spacial score (nSPS) is 11.8. The number of hydrogen-bond donors (Lipinski definition) is 1. The predicted molar refractivity (Wildman–Crippen MR) is 153 cm³/mol. The van der Waals surface area contributed by atoms with Crippen molar-refractivity contribution in [3.8, 4) is 28.7 Å². The third-order valence-corrected chi connectivity index (χ3v) is 6.39. The minimum Gasteiger partial charge on any atom is -0.493 e. The van der Waals surface area contributed by atoms with Crippen molar-refractivity contribution < 1.29 is 28.2 Å². The Balaban J connectivity index is 1.34. The summed E-state index contributed by atoms with van der Waals surface area (Å²) in [4.78, 5) is 12.6. The summed E-state index contributed by atoms with van der Waals surface area (Å²) in [6, 6.07) is 18.8. The Morgan fingerprint density at radius 1 is 1.00 bits per heavy atom. The maximum Gasteiger partial charge on any atom is 0.307 e. The quantitative estimate of drug-likeness (QED) is 0.168. The number of furan rings is 1. The predicted octanol–water partition coefficient (Wildman–Crippen LogP) is 6.22. The van der Waals surface area contributed by atoms with Crippen molar-refractivity contribution in [3.63, 3.8) is 0 Å². The van der Waals surface area contributed by atoms with Crippen LogP contribution in [-0.4, -0.2) is 37.0 Å². The van der Waals surface area contributed by atoms with E-state index in [2.05, 4.69) is 41.1 Å². The first-order chi connectivity index (χ1) is 19.3. The number of ether oxygens (including phenoxy) is 4. The molecule has 9 nitrogen and oxygen atoms in total. The van der Waals surface area contributed by atoms with Crippen LogP contribution in [0.4, 0.5) is 0 Å². The van der Waals surface area contributed by atoms with Crippen molar-refractivity contribution >= 4 is 12.1 Å². The van der Waals surface area contributed by atoms with Gasteiger partial charge in [-0.2, -0.15) is 5.10 Å². The second kappa shape index (κ2) is 12.9. The van der Waals surface area contributed by atoms with Crippen LogP contribution in [0.1, 0.15) is 53.5 Å².